The number of rotatable bonds is 2. The van der Waals surface area contributed by atoms with E-state index < -0.39 is 5.97 Å². The van der Waals surface area contributed by atoms with Gasteiger partial charge in [0, 0.05) is 6.07 Å². The monoisotopic (exact) mass is 230 g/mol. The van der Waals surface area contributed by atoms with Crippen molar-refractivity contribution in [1.29, 1.82) is 0 Å². The number of aromatic hydroxyl groups is 2. The fraction of sp³-hybridized carbons (Fsp3) is 0. The molecule has 86 valence electrons. The average Bonchev–Trinajstić information content (AvgIpc) is 2.27. The summed E-state index contributed by atoms with van der Waals surface area (Å²) in [6.07, 6.45) is 0. The van der Waals surface area contributed by atoms with Crippen LogP contribution in [0.1, 0.15) is 10.4 Å². The summed E-state index contributed by atoms with van der Waals surface area (Å²) in [5, 5.41) is 27.8. The molecule has 17 heavy (non-hydrogen) atoms. The highest BCUT2D eigenvalue weighted by Crippen LogP contribution is 2.30. The fourth-order valence-electron chi connectivity index (χ4n) is 1.67. The van der Waals surface area contributed by atoms with Gasteiger partial charge in [-0.3, -0.25) is 0 Å². The molecule has 0 heterocycles. The van der Waals surface area contributed by atoms with E-state index in [0.717, 1.165) is 0 Å². The van der Waals surface area contributed by atoms with Crippen molar-refractivity contribution in [2.75, 3.05) is 0 Å². The largest absolute Gasteiger partial charge is 0.508 e. The Hall–Kier alpha value is -2.49. The first kappa shape index (κ1) is 11.0. The van der Waals surface area contributed by atoms with Crippen LogP contribution in [0, 0.1) is 0 Å². The third-order valence-corrected chi connectivity index (χ3v) is 2.37. The maximum Gasteiger partial charge on any atom is 0.336 e. The Morgan fingerprint density at radius 2 is 1.53 bits per heavy atom. The summed E-state index contributed by atoms with van der Waals surface area (Å²) >= 11 is 0. The first-order chi connectivity index (χ1) is 8.08. The summed E-state index contributed by atoms with van der Waals surface area (Å²) in [7, 11) is 0. The van der Waals surface area contributed by atoms with E-state index in [9.17, 15) is 15.0 Å². The summed E-state index contributed by atoms with van der Waals surface area (Å²) in [5.74, 6) is -1.27. The Morgan fingerprint density at radius 1 is 0.941 bits per heavy atom. The number of hydrogen-bond acceptors (Lipinski definition) is 3. The zero-order valence-electron chi connectivity index (χ0n) is 8.79. The van der Waals surface area contributed by atoms with Crippen molar-refractivity contribution in [3.8, 4) is 22.6 Å². The molecule has 0 aromatic heterocycles. The quantitative estimate of drug-likeness (QED) is 0.740. The van der Waals surface area contributed by atoms with Gasteiger partial charge in [0.1, 0.15) is 11.5 Å². The molecule has 0 aliphatic carbocycles. The molecule has 0 amide bonds. The van der Waals surface area contributed by atoms with Crippen molar-refractivity contribution in [3.05, 3.63) is 48.0 Å². The first-order valence-corrected chi connectivity index (χ1v) is 4.93. The number of carboxylic acids is 1. The summed E-state index contributed by atoms with van der Waals surface area (Å²) < 4.78 is 0. The van der Waals surface area contributed by atoms with Crippen LogP contribution in [0.5, 0.6) is 11.5 Å². The van der Waals surface area contributed by atoms with Gasteiger partial charge < -0.3 is 15.3 Å². The van der Waals surface area contributed by atoms with Crippen LogP contribution in [0.4, 0.5) is 0 Å². The minimum Gasteiger partial charge on any atom is -0.508 e. The third-order valence-electron chi connectivity index (χ3n) is 2.37. The highest BCUT2D eigenvalue weighted by atomic mass is 16.4. The first-order valence-electron chi connectivity index (χ1n) is 4.93. The number of benzene rings is 2. The van der Waals surface area contributed by atoms with E-state index in [2.05, 4.69) is 0 Å². The second kappa shape index (κ2) is 4.17. The molecule has 0 aliphatic heterocycles. The van der Waals surface area contributed by atoms with Crippen LogP contribution in [-0.2, 0) is 0 Å². The predicted molar refractivity (Wildman–Crippen MR) is 62.2 cm³/mol. The summed E-state index contributed by atoms with van der Waals surface area (Å²) in [6.45, 7) is 0. The Kier molecular flexibility index (Phi) is 2.70. The molecule has 4 nitrogen and oxygen atoms in total. The van der Waals surface area contributed by atoms with Gasteiger partial charge >= 0.3 is 5.97 Å². The molecule has 0 saturated carbocycles. The number of aromatic carboxylic acids is 1. The Morgan fingerprint density at radius 3 is 2.12 bits per heavy atom. The van der Waals surface area contributed by atoms with Crippen LogP contribution in [0.15, 0.2) is 42.5 Å². The van der Waals surface area contributed by atoms with E-state index in [1.54, 1.807) is 18.2 Å². The van der Waals surface area contributed by atoms with E-state index in [-0.39, 0.29) is 17.1 Å². The molecule has 0 saturated heterocycles. The van der Waals surface area contributed by atoms with E-state index in [0.29, 0.717) is 11.1 Å². The van der Waals surface area contributed by atoms with Gasteiger partial charge in [-0.05, 0) is 29.3 Å². The van der Waals surface area contributed by atoms with Gasteiger partial charge in [-0.15, -0.1) is 0 Å². The highest BCUT2D eigenvalue weighted by Gasteiger charge is 2.11. The average molecular weight is 230 g/mol. The van der Waals surface area contributed by atoms with Gasteiger partial charge in [-0.2, -0.15) is 0 Å². The van der Waals surface area contributed by atoms with E-state index >= 15 is 0 Å². The lowest BCUT2D eigenvalue weighted by molar-refractivity contribution is 0.0697. The smallest absolute Gasteiger partial charge is 0.336 e. The van der Waals surface area contributed by atoms with Crippen molar-refractivity contribution < 1.29 is 20.1 Å². The van der Waals surface area contributed by atoms with Crippen molar-refractivity contribution >= 4 is 5.97 Å². The molecule has 0 spiro atoms. The molecular formula is C13H10O4. The normalized spacial score (nSPS) is 10.1. The fourth-order valence-corrected chi connectivity index (χ4v) is 1.67. The zero-order valence-corrected chi connectivity index (χ0v) is 8.79. The lowest BCUT2D eigenvalue weighted by Gasteiger charge is -2.07. The number of carboxylic acid groups (broad SMARTS) is 1. The predicted octanol–water partition coefficient (Wildman–Crippen LogP) is 2.46. The van der Waals surface area contributed by atoms with Gasteiger partial charge in [-0.25, -0.2) is 4.79 Å². The van der Waals surface area contributed by atoms with Gasteiger partial charge in [0.2, 0.25) is 0 Å². The third kappa shape index (κ3) is 2.20. The Labute approximate surface area is 97.4 Å². The van der Waals surface area contributed by atoms with Crippen LogP contribution in [0.25, 0.3) is 11.1 Å². The van der Waals surface area contributed by atoms with Gasteiger partial charge in [0.05, 0.1) is 5.56 Å². The standard InChI is InChI=1S/C13H10O4/c14-9-5-8(6-10(15)7-9)11-3-1-2-4-12(11)13(16)17/h1-7,14-15H,(H,16,17). The van der Waals surface area contributed by atoms with Gasteiger partial charge in [-0.1, -0.05) is 18.2 Å². The van der Waals surface area contributed by atoms with Crippen LogP contribution in [0.3, 0.4) is 0 Å². The molecule has 0 fully saturated rings. The molecule has 3 N–H and O–H groups in total. The highest BCUT2D eigenvalue weighted by molar-refractivity contribution is 5.96. The van der Waals surface area contributed by atoms with E-state index in [1.165, 1.54) is 24.3 Å². The van der Waals surface area contributed by atoms with E-state index in [1.807, 2.05) is 0 Å². The Balaban J connectivity index is 2.64. The maximum absolute atomic E-state index is 11.0. The molecule has 0 atom stereocenters. The minimum atomic E-state index is -1.05. The molecule has 0 bridgehead atoms. The molecular weight excluding hydrogens is 220 g/mol. The maximum atomic E-state index is 11.0. The SMILES string of the molecule is O=C(O)c1ccccc1-c1cc(O)cc(O)c1. The number of phenolic OH excluding ortho intramolecular Hbond substituents is 2. The van der Waals surface area contributed by atoms with E-state index in [4.69, 9.17) is 5.11 Å². The second-order valence-corrected chi connectivity index (χ2v) is 3.59. The lowest BCUT2D eigenvalue weighted by Crippen LogP contribution is -1.98. The zero-order chi connectivity index (χ0) is 12.4. The molecule has 2 rings (SSSR count). The van der Waals surface area contributed by atoms with Crippen LogP contribution >= 0.6 is 0 Å². The van der Waals surface area contributed by atoms with Crippen molar-refractivity contribution in [2.24, 2.45) is 0 Å². The number of hydrogen-bond donors (Lipinski definition) is 3. The van der Waals surface area contributed by atoms with Crippen molar-refractivity contribution in [2.45, 2.75) is 0 Å². The van der Waals surface area contributed by atoms with Crippen molar-refractivity contribution in [1.82, 2.24) is 0 Å². The number of phenols is 2. The summed E-state index contributed by atoms with van der Waals surface area (Å²) in [5.41, 5.74) is 1.03. The molecule has 4 heteroatoms. The van der Waals surface area contributed by atoms with Gasteiger partial charge in [0.25, 0.3) is 0 Å². The molecule has 2 aromatic rings. The molecule has 2 aromatic carbocycles. The lowest BCUT2D eigenvalue weighted by atomic mass is 9.99. The molecule has 0 aliphatic rings. The Bertz CT molecular complexity index is 555. The molecule has 0 radical (unpaired) electrons. The summed E-state index contributed by atoms with van der Waals surface area (Å²) in [6, 6.07) is 10.4. The van der Waals surface area contributed by atoms with Crippen molar-refractivity contribution in [3.63, 3.8) is 0 Å². The summed E-state index contributed by atoms with van der Waals surface area (Å²) in [4.78, 5) is 11.0. The topological polar surface area (TPSA) is 77.8 Å². The second-order valence-electron chi connectivity index (χ2n) is 3.59. The van der Waals surface area contributed by atoms with Gasteiger partial charge in [0.15, 0.2) is 0 Å². The number of carbonyl (C=O) groups is 1. The van der Waals surface area contributed by atoms with Crippen LogP contribution < -0.4 is 0 Å². The minimum absolute atomic E-state index is 0.111. The molecule has 0 unspecified atom stereocenters. The van der Waals surface area contributed by atoms with Crippen LogP contribution in [-0.4, -0.2) is 21.3 Å². The van der Waals surface area contributed by atoms with Crippen LogP contribution in [0.2, 0.25) is 0 Å².